The maximum Gasteiger partial charge on any atom is 0.326 e. The molecule has 0 aliphatic carbocycles. The summed E-state index contributed by atoms with van der Waals surface area (Å²) in [5, 5.41) is 3.21. The van der Waals surface area contributed by atoms with Gasteiger partial charge >= 0.3 is 5.97 Å². The molecule has 0 bridgehead atoms. The van der Waals surface area contributed by atoms with Crippen molar-refractivity contribution in [1.82, 2.24) is 5.32 Å². The molecule has 1 aliphatic heterocycles. The molecule has 1 N–H and O–H groups in total. The highest BCUT2D eigenvalue weighted by atomic mass is 16.5. The summed E-state index contributed by atoms with van der Waals surface area (Å²) >= 11 is 0. The fourth-order valence-electron chi connectivity index (χ4n) is 1.52. The van der Waals surface area contributed by atoms with Gasteiger partial charge in [-0.15, -0.1) is 0 Å². The number of hydrogen-bond donors (Lipinski definition) is 1. The van der Waals surface area contributed by atoms with E-state index in [1.165, 1.54) is 0 Å². The van der Waals surface area contributed by atoms with Crippen LogP contribution >= 0.6 is 0 Å². The lowest BCUT2D eigenvalue weighted by atomic mass is 9.91. The van der Waals surface area contributed by atoms with Crippen molar-refractivity contribution in [3.63, 3.8) is 0 Å². The molecule has 70 valence electrons. The number of hydrogen-bond acceptors (Lipinski definition) is 3. The highest BCUT2D eigenvalue weighted by Gasteiger charge is 2.35. The van der Waals surface area contributed by atoms with Gasteiger partial charge in [-0.1, -0.05) is 0 Å². The van der Waals surface area contributed by atoms with Gasteiger partial charge in [0.05, 0.1) is 6.61 Å². The number of carbonyl (C=O) groups excluding carboxylic acids is 1. The molecule has 0 aromatic heterocycles. The SMILES string of the molecule is CCOC(=O)[C@@]1(C)CCCCN1. The lowest BCUT2D eigenvalue weighted by Crippen LogP contribution is -2.53. The van der Waals surface area contributed by atoms with Crippen molar-refractivity contribution < 1.29 is 9.53 Å². The van der Waals surface area contributed by atoms with Crippen LogP contribution in [-0.2, 0) is 9.53 Å². The Bertz CT molecular complexity index is 162. The van der Waals surface area contributed by atoms with Crippen molar-refractivity contribution in [2.75, 3.05) is 13.2 Å². The van der Waals surface area contributed by atoms with Crippen LogP contribution in [0.2, 0.25) is 0 Å². The summed E-state index contributed by atoms with van der Waals surface area (Å²) in [6.45, 7) is 5.15. The quantitative estimate of drug-likeness (QED) is 0.632. The molecule has 1 atom stereocenters. The lowest BCUT2D eigenvalue weighted by Gasteiger charge is -2.32. The van der Waals surface area contributed by atoms with Gasteiger partial charge in [-0.05, 0) is 39.7 Å². The summed E-state index contributed by atoms with van der Waals surface area (Å²) in [7, 11) is 0. The lowest BCUT2D eigenvalue weighted by molar-refractivity contribution is -0.151. The fraction of sp³-hybridized carbons (Fsp3) is 0.889. The molecule has 0 spiro atoms. The molecule has 0 aromatic rings. The highest BCUT2D eigenvalue weighted by Crippen LogP contribution is 2.19. The zero-order chi connectivity index (χ0) is 9.03. The molecule has 1 saturated heterocycles. The molecule has 3 nitrogen and oxygen atoms in total. The van der Waals surface area contributed by atoms with E-state index < -0.39 is 5.54 Å². The van der Waals surface area contributed by atoms with E-state index >= 15 is 0 Å². The van der Waals surface area contributed by atoms with Crippen LogP contribution in [0.3, 0.4) is 0 Å². The van der Waals surface area contributed by atoms with Gasteiger partial charge in [-0.3, -0.25) is 4.79 Å². The maximum absolute atomic E-state index is 11.4. The standard InChI is InChI=1S/C9H17NO2/c1-3-12-8(11)9(2)6-4-5-7-10-9/h10H,3-7H2,1-2H3/t9-/m1/s1. The van der Waals surface area contributed by atoms with Crippen LogP contribution in [0.15, 0.2) is 0 Å². The van der Waals surface area contributed by atoms with Crippen LogP contribution in [0, 0.1) is 0 Å². The summed E-state index contributed by atoms with van der Waals surface area (Å²) in [4.78, 5) is 11.4. The molecule has 1 aliphatic rings. The van der Waals surface area contributed by atoms with Gasteiger partial charge in [0.15, 0.2) is 0 Å². The minimum absolute atomic E-state index is 0.107. The Hall–Kier alpha value is -0.570. The van der Waals surface area contributed by atoms with Crippen molar-refractivity contribution in [3.8, 4) is 0 Å². The molecule has 0 saturated carbocycles. The van der Waals surface area contributed by atoms with Crippen LogP contribution in [0.1, 0.15) is 33.1 Å². The van der Waals surface area contributed by atoms with Crippen LogP contribution in [0.5, 0.6) is 0 Å². The van der Waals surface area contributed by atoms with Gasteiger partial charge in [-0.2, -0.15) is 0 Å². The van der Waals surface area contributed by atoms with Crippen molar-refractivity contribution in [3.05, 3.63) is 0 Å². The van der Waals surface area contributed by atoms with E-state index in [1.807, 2.05) is 13.8 Å². The average Bonchev–Trinajstić information content (AvgIpc) is 2.06. The van der Waals surface area contributed by atoms with E-state index in [0.717, 1.165) is 25.8 Å². The summed E-state index contributed by atoms with van der Waals surface area (Å²) in [5.74, 6) is -0.107. The van der Waals surface area contributed by atoms with Crippen molar-refractivity contribution >= 4 is 5.97 Å². The third-order valence-electron chi connectivity index (χ3n) is 2.34. The fourth-order valence-corrected chi connectivity index (χ4v) is 1.52. The second kappa shape index (κ2) is 3.90. The summed E-state index contributed by atoms with van der Waals surface area (Å²) in [6, 6.07) is 0. The number of rotatable bonds is 2. The molecule has 12 heavy (non-hydrogen) atoms. The van der Waals surface area contributed by atoms with E-state index in [2.05, 4.69) is 5.32 Å². The van der Waals surface area contributed by atoms with Gasteiger partial charge in [0.25, 0.3) is 0 Å². The molecular formula is C9H17NO2. The van der Waals surface area contributed by atoms with Crippen molar-refractivity contribution in [2.45, 2.75) is 38.6 Å². The first-order chi connectivity index (χ1) is 5.69. The highest BCUT2D eigenvalue weighted by molar-refractivity contribution is 5.80. The molecule has 0 radical (unpaired) electrons. The van der Waals surface area contributed by atoms with Gasteiger partial charge in [-0.25, -0.2) is 0 Å². The van der Waals surface area contributed by atoms with Crippen molar-refractivity contribution in [2.24, 2.45) is 0 Å². The summed E-state index contributed by atoms with van der Waals surface area (Å²) in [5.41, 5.74) is -0.422. The summed E-state index contributed by atoms with van der Waals surface area (Å²) < 4.78 is 4.98. The molecule has 0 aromatic carbocycles. The topological polar surface area (TPSA) is 38.3 Å². The molecule has 0 amide bonds. The minimum atomic E-state index is -0.422. The number of ether oxygens (including phenoxy) is 1. The minimum Gasteiger partial charge on any atom is -0.465 e. The zero-order valence-electron chi connectivity index (χ0n) is 7.85. The number of esters is 1. The molecule has 1 rings (SSSR count). The molecule has 1 heterocycles. The smallest absolute Gasteiger partial charge is 0.326 e. The first-order valence-electron chi connectivity index (χ1n) is 4.61. The third kappa shape index (κ3) is 1.97. The molecular weight excluding hydrogens is 154 g/mol. The predicted octanol–water partition coefficient (Wildman–Crippen LogP) is 1.08. The maximum atomic E-state index is 11.4. The van der Waals surface area contributed by atoms with E-state index in [0.29, 0.717) is 6.61 Å². The number of carbonyl (C=O) groups is 1. The van der Waals surface area contributed by atoms with Gasteiger partial charge < -0.3 is 10.1 Å². The third-order valence-corrected chi connectivity index (χ3v) is 2.34. The first-order valence-corrected chi connectivity index (χ1v) is 4.61. The first kappa shape index (κ1) is 9.52. The second-order valence-corrected chi connectivity index (χ2v) is 3.44. The van der Waals surface area contributed by atoms with E-state index in [4.69, 9.17) is 4.74 Å². The Balaban J connectivity index is 2.50. The predicted molar refractivity (Wildman–Crippen MR) is 46.9 cm³/mol. The normalized spacial score (nSPS) is 29.8. The second-order valence-electron chi connectivity index (χ2n) is 3.44. The zero-order valence-corrected chi connectivity index (χ0v) is 7.85. The number of piperidine rings is 1. The van der Waals surface area contributed by atoms with Gasteiger partial charge in [0.2, 0.25) is 0 Å². The van der Waals surface area contributed by atoms with E-state index in [-0.39, 0.29) is 5.97 Å². The number of nitrogens with one attached hydrogen (secondary N) is 1. The van der Waals surface area contributed by atoms with Crippen LogP contribution in [0.25, 0.3) is 0 Å². The van der Waals surface area contributed by atoms with E-state index in [9.17, 15) is 4.79 Å². The largest absolute Gasteiger partial charge is 0.465 e. The Morgan fingerprint density at radius 1 is 1.58 bits per heavy atom. The van der Waals surface area contributed by atoms with Crippen LogP contribution < -0.4 is 5.32 Å². The Labute approximate surface area is 73.5 Å². The van der Waals surface area contributed by atoms with Crippen LogP contribution in [-0.4, -0.2) is 24.7 Å². The summed E-state index contributed by atoms with van der Waals surface area (Å²) in [6.07, 6.45) is 3.17. The molecule has 1 fully saturated rings. The average molecular weight is 171 g/mol. The van der Waals surface area contributed by atoms with E-state index in [1.54, 1.807) is 0 Å². The molecule has 0 unspecified atom stereocenters. The Morgan fingerprint density at radius 2 is 2.33 bits per heavy atom. The Morgan fingerprint density at radius 3 is 2.83 bits per heavy atom. The van der Waals surface area contributed by atoms with Crippen molar-refractivity contribution in [1.29, 1.82) is 0 Å². The van der Waals surface area contributed by atoms with Crippen LogP contribution in [0.4, 0.5) is 0 Å². The van der Waals surface area contributed by atoms with Gasteiger partial charge in [0.1, 0.15) is 5.54 Å². The van der Waals surface area contributed by atoms with Gasteiger partial charge in [0, 0.05) is 0 Å². The monoisotopic (exact) mass is 171 g/mol. The molecule has 3 heteroatoms. The Kier molecular flexibility index (Phi) is 3.09.